The van der Waals surface area contributed by atoms with Crippen molar-refractivity contribution in [3.05, 3.63) is 23.5 Å². The molecule has 1 saturated carbocycles. The zero-order valence-corrected chi connectivity index (χ0v) is 12.1. The summed E-state index contributed by atoms with van der Waals surface area (Å²) in [6.07, 6.45) is 6.48. The number of hydrogen-bond donors (Lipinski definition) is 1. The summed E-state index contributed by atoms with van der Waals surface area (Å²) in [5, 5.41) is 18.2. The predicted octanol–water partition coefficient (Wildman–Crippen LogP) is 1.58. The summed E-state index contributed by atoms with van der Waals surface area (Å²) in [4.78, 5) is 12.1. The number of hydrogen-bond acceptors (Lipinski definition) is 6. The average Bonchev–Trinajstić information content (AvgIpc) is 3.19. The standard InChI is InChI=1S/C13H18N6O2/c1-8-11(18-21-17-8)13(20)15-9(2)12-16-14-7-19(12)10-5-3-4-6-10/h7,9-10H,3-6H2,1-2H3,(H,15,20)/t9-/m0/s1. The van der Waals surface area contributed by atoms with Gasteiger partial charge in [0, 0.05) is 6.04 Å². The SMILES string of the molecule is Cc1nonc1C(=O)N[C@@H](C)c1nncn1C1CCCC1. The summed E-state index contributed by atoms with van der Waals surface area (Å²) in [6, 6.07) is 0.182. The van der Waals surface area contributed by atoms with Gasteiger partial charge in [-0.25, -0.2) is 4.63 Å². The van der Waals surface area contributed by atoms with Crippen molar-refractivity contribution in [2.75, 3.05) is 0 Å². The Bertz CT molecular complexity index is 628. The molecule has 8 nitrogen and oxygen atoms in total. The first-order valence-electron chi connectivity index (χ1n) is 7.16. The first-order chi connectivity index (χ1) is 10.2. The van der Waals surface area contributed by atoms with E-state index in [1.54, 1.807) is 13.3 Å². The van der Waals surface area contributed by atoms with Crippen LogP contribution in [0.1, 0.15) is 66.7 Å². The van der Waals surface area contributed by atoms with E-state index in [2.05, 4.69) is 35.0 Å². The molecule has 3 rings (SSSR count). The molecule has 1 aliphatic rings. The Morgan fingerprint density at radius 2 is 2.19 bits per heavy atom. The van der Waals surface area contributed by atoms with Crippen LogP contribution in [0, 0.1) is 6.92 Å². The molecule has 0 aromatic carbocycles. The summed E-state index contributed by atoms with van der Waals surface area (Å²) in [5.74, 6) is 0.451. The van der Waals surface area contributed by atoms with Crippen molar-refractivity contribution in [2.24, 2.45) is 0 Å². The highest BCUT2D eigenvalue weighted by Gasteiger charge is 2.25. The molecule has 1 fully saturated rings. The summed E-state index contributed by atoms with van der Waals surface area (Å²) in [5.41, 5.74) is 0.672. The van der Waals surface area contributed by atoms with Gasteiger partial charge >= 0.3 is 0 Å². The van der Waals surface area contributed by atoms with Gasteiger partial charge in [-0.1, -0.05) is 18.0 Å². The smallest absolute Gasteiger partial charge is 0.276 e. The van der Waals surface area contributed by atoms with Gasteiger partial charge in [0.05, 0.1) is 6.04 Å². The minimum absolute atomic E-state index is 0.203. The third-order valence-corrected chi connectivity index (χ3v) is 3.92. The zero-order chi connectivity index (χ0) is 14.8. The fraction of sp³-hybridized carbons (Fsp3) is 0.615. The monoisotopic (exact) mass is 290 g/mol. The van der Waals surface area contributed by atoms with Crippen LogP contribution in [0.15, 0.2) is 11.0 Å². The highest BCUT2D eigenvalue weighted by atomic mass is 16.6. The first-order valence-corrected chi connectivity index (χ1v) is 7.16. The van der Waals surface area contributed by atoms with Gasteiger partial charge in [-0.3, -0.25) is 4.79 Å². The zero-order valence-electron chi connectivity index (χ0n) is 12.1. The van der Waals surface area contributed by atoms with Crippen LogP contribution >= 0.6 is 0 Å². The first kappa shape index (κ1) is 13.7. The van der Waals surface area contributed by atoms with Crippen LogP contribution in [0.3, 0.4) is 0 Å². The molecular formula is C13H18N6O2. The second kappa shape index (κ2) is 5.63. The van der Waals surface area contributed by atoms with E-state index in [4.69, 9.17) is 0 Å². The van der Waals surface area contributed by atoms with Gasteiger partial charge in [0.15, 0.2) is 11.5 Å². The molecule has 1 amide bonds. The van der Waals surface area contributed by atoms with Crippen molar-refractivity contribution in [1.82, 2.24) is 30.4 Å². The van der Waals surface area contributed by atoms with E-state index in [1.807, 2.05) is 6.92 Å². The Hall–Kier alpha value is -2.25. The quantitative estimate of drug-likeness (QED) is 0.917. The van der Waals surface area contributed by atoms with Crippen LogP contribution < -0.4 is 5.32 Å². The van der Waals surface area contributed by atoms with Crippen molar-refractivity contribution >= 4 is 5.91 Å². The summed E-state index contributed by atoms with van der Waals surface area (Å²) in [6.45, 7) is 3.56. The lowest BCUT2D eigenvalue weighted by molar-refractivity contribution is 0.0927. The fourth-order valence-corrected chi connectivity index (χ4v) is 2.79. The van der Waals surface area contributed by atoms with Crippen LogP contribution in [-0.4, -0.2) is 31.0 Å². The number of nitrogens with one attached hydrogen (secondary N) is 1. The topological polar surface area (TPSA) is 98.7 Å². The average molecular weight is 290 g/mol. The Balaban J connectivity index is 1.74. The molecule has 0 aliphatic heterocycles. The second-order valence-corrected chi connectivity index (χ2v) is 5.43. The Kier molecular flexibility index (Phi) is 3.68. The van der Waals surface area contributed by atoms with Gasteiger partial charge in [-0.15, -0.1) is 10.2 Å². The molecule has 1 N–H and O–H groups in total. The molecule has 2 heterocycles. The summed E-state index contributed by atoms with van der Waals surface area (Å²) < 4.78 is 6.62. The van der Waals surface area contributed by atoms with Crippen LogP contribution in [0.25, 0.3) is 0 Å². The van der Waals surface area contributed by atoms with Gasteiger partial charge in [0.1, 0.15) is 12.0 Å². The molecule has 2 aromatic heterocycles. The van der Waals surface area contributed by atoms with E-state index in [1.165, 1.54) is 12.8 Å². The number of carbonyl (C=O) groups excluding carboxylic acids is 1. The third kappa shape index (κ3) is 2.65. The molecule has 2 aromatic rings. The highest BCUT2D eigenvalue weighted by molar-refractivity contribution is 5.93. The van der Waals surface area contributed by atoms with Gasteiger partial charge in [0.2, 0.25) is 0 Å². The normalized spacial score (nSPS) is 17.0. The van der Waals surface area contributed by atoms with Crippen LogP contribution in [0.4, 0.5) is 0 Å². The van der Waals surface area contributed by atoms with E-state index < -0.39 is 0 Å². The number of amides is 1. The molecular weight excluding hydrogens is 272 g/mol. The summed E-state index contributed by atoms with van der Waals surface area (Å²) >= 11 is 0. The van der Waals surface area contributed by atoms with Crippen LogP contribution in [0.5, 0.6) is 0 Å². The molecule has 0 radical (unpaired) electrons. The fourth-order valence-electron chi connectivity index (χ4n) is 2.79. The molecule has 1 aliphatic carbocycles. The third-order valence-electron chi connectivity index (χ3n) is 3.92. The van der Waals surface area contributed by atoms with Crippen molar-refractivity contribution in [3.63, 3.8) is 0 Å². The summed E-state index contributed by atoms with van der Waals surface area (Å²) in [7, 11) is 0. The van der Waals surface area contributed by atoms with E-state index in [0.717, 1.165) is 18.7 Å². The van der Waals surface area contributed by atoms with E-state index in [0.29, 0.717) is 11.7 Å². The molecule has 112 valence electrons. The molecule has 0 unspecified atom stereocenters. The van der Waals surface area contributed by atoms with Gasteiger partial charge in [-0.05, 0) is 31.8 Å². The lowest BCUT2D eigenvalue weighted by Gasteiger charge is -2.18. The number of aromatic nitrogens is 5. The van der Waals surface area contributed by atoms with E-state index in [9.17, 15) is 4.79 Å². The number of aryl methyl sites for hydroxylation is 1. The van der Waals surface area contributed by atoms with Crippen LogP contribution in [0.2, 0.25) is 0 Å². The maximum Gasteiger partial charge on any atom is 0.276 e. The Morgan fingerprint density at radius 3 is 2.86 bits per heavy atom. The van der Waals surface area contributed by atoms with Crippen molar-refractivity contribution < 1.29 is 9.42 Å². The second-order valence-electron chi connectivity index (χ2n) is 5.43. The predicted molar refractivity (Wildman–Crippen MR) is 72.4 cm³/mol. The minimum atomic E-state index is -0.317. The maximum absolute atomic E-state index is 12.1. The molecule has 0 bridgehead atoms. The number of carbonyl (C=O) groups is 1. The number of nitrogens with zero attached hydrogens (tertiary/aromatic N) is 5. The Labute approximate surface area is 121 Å². The van der Waals surface area contributed by atoms with Crippen molar-refractivity contribution in [1.29, 1.82) is 0 Å². The van der Waals surface area contributed by atoms with E-state index >= 15 is 0 Å². The van der Waals surface area contributed by atoms with Gasteiger partial charge in [0.25, 0.3) is 5.91 Å². The van der Waals surface area contributed by atoms with Gasteiger partial charge in [-0.2, -0.15) is 0 Å². The molecule has 0 spiro atoms. The van der Waals surface area contributed by atoms with Crippen molar-refractivity contribution in [3.8, 4) is 0 Å². The van der Waals surface area contributed by atoms with Gasteiger partial charge < -0.3 is 9.88 Å². The molecule has 0 saturated heterocycles. The lowest BCUT2D eigenvalue weighted by atomic mass is 10.2. The highest BCUT2D eigenvalue weighted by Crippen LogP contribution is 2.31. The lowest BCUT2D eigenvalue weighted by Crippen LogP contribution is -2.30. The minimum Gasteiger partial charge on any atom is -0.341 e. The van der Waals surface area contributed by atoms with Crippen LogP contribution in [-0.2, 0) is 0 Å². The number of rotatable bonds is 4. The molecule has 21 heavy (non-hydrogen) atoms. The Morgan fingerprint density at radius 1 is 1.43 bits per heavy atom. The molecule has 1 atom stereocenters. The van der Waals surface area contributed by atoms with E-state index in [-0.39, 0.29) is 17.6 Å². The van der Waals surface area contributed by atoms with Crippen molar-refractivity contribution in [2.45, 2.75) is 51.6 Å². The molecule has 8 heteroatoms. The largest absolute Gasteiger partial charge is 0.341 e. The maximum atomic E-state index is 12.1.